The van der Waals surface area contributed by atoms with E-state index in [1.54, 1.807) is 36.5 Å². The summed E-state index contributed by atoms with van der Waals surface area (Å²) in [5.41, 5.74) is 0.392. The first kappa shape index (κ1) is 18.3. The molecule has 0 unspecified atom stereocenters. The van der Waals surface area contributed by atoms with Crippen molar-refractivity contribution in [3.05, 3.63) is 89.8 Å². The van der Waals surface area contributed by atoms with E-state index in [9.17, 15) is 23.2 Å². The lowest BCUT2D eigenvalue weighted by Crippen LogP contribution is -2.54. The van der Waals surface area contributed by atoms with Crippen molar-refractivity contribution < 1.29 is 23.2 Å². The zero-order valence-corrected chi connectivity index (χ0v) is 14.8. The molecular formula is C21H13F2N3O3. The van der Waals surface area contributed by atoms with Gasteiger partial charge in [-0.3, -0.25) is 14.9 Å². The molecule has 1 aromatic heterocycles. The van der Waals surface area contributed by atoms with E-state index in [1.165, 1.54) is 28.8 Å². The van der Waals surface area contributed by atoms with Gasteiger partial charge in [0.1, 0.15) is 17.2 Å². The van der Waals surface area contributed by atoms with Gasteiger partial charge < -0.3 is 4.57 Å². The summed E-state index contributed by atoms with van der Waals surface area (Å²) in [6, 6.07) is 13.0. The Labute approximate surface area is 163 Å². The lowest BCUT2D eigenvalue weighted by molar-refractivity contribution is -0.122. The summed E-state index contributed by atoms with van der Waals surface area (Å²) < 4.78 is 28.8. The summed E-state index contributed by atoms with van der Waals surface area (Å²) in [6.07, 6.45) is 2.85. The van der Waals surface area contributed by atoms with Crippen molar-refractivity contribution in [1.29, 1.82) is 0 Å². The fourth-order valence-corrected chi connectivity index (χ4v) is 3.01. The Bertz CT molecular complexity index is 1170. The summed E-state index contributed by atoms with van der Waals surface area (Å²) in [6.45, 7) is 0. The number of benzene rings is 2. The third kappa shape index (κ3) is 3.31. The molecule has 0 saturated carbocycles. The number of imide groups is 2. The van der Waals surface area contributed by atoms with Crippen LogP contribution in [-0.4, -0.2) is 22.4 Å². The molecule has 4 amide bonds. The van der Waals surface area contributed by atoms with Gasteiger partial charge in [-0.15, -0.1) is 0 Å². The van der Waals surface area contributed by atoms with Gasteiger partial charge in [-0.2, -0.15) is 0 Å². The Morgan fingerprint density at radius 1 is 0.862 bits per heavy atom. The Morgan fingerprint density at radius 3 is 2.31 bits per heavy atom. The van der Waals surface area contributed by atoms with E-state index < -0.39 is 29.5 Å². The van der Waals surface area contributed by atoms with Crippen molar-refractivity contribution >= 4 is 29.6 Å². The fourth-order valence-electron chi connectivity index (χ4n) is 3.01. The lowest BCUT2D eigenvalue weighted by Gasteiger charge is -2.26. The fraction of sp³-hybridized carbons (Fsp3) is 0. The zero-order valence-electron chi connectivity index (χ0n) is 14.8. The molecule has 29 heavy (non-hydrogen) atoms. The van der Waals surface area contributed by atoms with Crippen LogP contribution in [-0.2, 0) is 9.59 Å². The first-order valence-corrected chi connectivity index (χ1v) is 8.55. The standard InChI is InChI=1S/C21H13F2N3O3/c22-13-7-9-14(10-8-13)26-20(28)16(19(27)24-21(26)29)12-15-4-3-11-25(15)18-6-2-1-5-17(18)23/h1-12H,(H,24,27,29)/b16-12+. The van der Waals surface area contributed by atoms with Crippen LogP contribution in [0.15, 0.2) is 72.4 Å². The van der Waals surface area contributed by atoms with Crippen LogP contribution in [0.5, 0.6) is 0 Å². The molecule has 6 nitrogen and oxygen atoms in total. The number of hydrogen-bond donors (Lipinski definition) is 1. The molecule has 2 aromatic carbocycles. The highest BCUT2D eigenvalue weighted by Crippen LogP contribution is 2.24. The average Bonchev–Trinajstić information content (AvgIpc) is 3.15. The van der Waals surface area contributed by atoms with Crippen LogP contribution in [0, 0.1) is 11.6 Å². The van der Waals surface area contributed by atoms with Gasteiger partial charge >= 0.3 is 6.03 Å². The number of amides is 4. The highest BCUT2D eigenvalue weighted by Gasteiger charge is 2.37. The maximum atomic E-state index is 14.2. The zero-order chi connectivity index (χ0) is 20.5. The van der Waals surface area contributed by atoms with Crippen LogP contribution in [0.3, 0.4) is 0 Å². The number of barbiturate groups is 1. The third-order valence-corrected chi connectivity index (χ3v) is 4.37. The second-order valence-electron chi connectivity index (χ2n) is 6.19. The summed E-state index contributed by atoms with van der Waals surface area (Å²) in [5.74, 6) is -2.76. The van der Waals surface area contributed by atoms with Crippen LogP contribution in [0.25, 0.3) is 11.8 Å². The van der Waals surface area contributed by atoms with Gasteiger partial charge in [-0.1, -0.05) is 12.1 Å². The Hall–Kier alpha value is -4.07. The number of carbonyl (C=O) groups is 3. The summed E-state index contributed by atoms with van der Waals surface area (Å²) >= 11 is 0. The minimum atomic E-state index is -0.937. The molecule has 1 N–H and O–H groups in total. The predicted octanol–water partition coefficient (Wildman–Crippen LogP) is 3.42. The normalized spacial score (nSPS) is 15.7. The van der Waals surface area contributed by atoms with Crippen molar-refractivity contribution in [2.45, 2.75) is 0 Å². The molecule has 1 fully saturated rings. The number of nitrogens with zero attached hydrogens (tertiary/aromatic N) is 2. The van der Waals surface area contributed by atoms with Gasteiger partial charge in [0.25, 0.3) is 11.8 Å². The minimum absolute atomic E-state index is 0.108. The number of para-hydroxylation sites is 1. The first-order valence-electron chi connectivity index (χ1n) is 8.55. The van der Waals surface area contributed by atoms with E-state index in [-0.39, 0.29) is 16.9 Å². The van der Waals surface area contributed by atoms with Crippen LogP contribution in [0.2, 0.25) is 0 Å². The minimum Gasteiger partial charge on any atom is -0.314 e. The average molecular weight is 393 g/mol. The number of urea groups is 1. The molecular weight excluding hydrogens is 380 g/mol. The molecule has 1 aliphatic heterocycles. The third-order valence-electron chi connectivity index (χ3n) is 4.37. The van der Waals surface area contributed by atoms with Crippen LogP contribution < -0.4 is 10.2 Å². The van der Waals surface area contributed by atoms with Crippen molar-refractivity contribution in [2.75, 3.05) is 4.90 Å². The predicted molar refractivity (Wildman–Crippen MR) is 101 cm³/mol. The molecule has 0 spiro atoms. The van der Waals surface area contributed by atoms with Gasteiger partial charge in [0, 0.05) is 11.9 Å². The van der Waals surface area contributed by atoms with Gasteiger partial charge in [-0.25, -0.2) is 18.5 Å². The van der Waals surface area contributed by atoms with E-state index in [2.05, 4.69) is 5.32 Å². The molecule has 1 aliphatic rings. The topological polar surface area (TPSA) is 71.4 Å². The van der Waals surface area contributed by atoms with Crippen molar-refractivity contribution in [2.24, 2.45) is 0 Å². The lowest BCUT2D eigenvalue weighted by atomic mass is 10.1. The van der Waals surface area contributed by atoms with E-state index >= 15 is 0 Å². The maximum absolute atomic E-state index is 14.2. The molecule has 144 valence electrons. The molecule has 4 rings (SSSR count). The second kappa shape index (κ2) is 7.16. The Balaban J connectivity index is 1.76. The highest BCUT2D eigenvalue weighted by atomic mass is 19.1. The largest absolute Gasteiger partial charge is 0.335 e. The van der Waals surface area contributed by atoms with E-state index in [4.69, 9.17) is 0 Å². The molecule has 1 saturated heterocycles. The number of halogens is 2. The monoisotopic (exact) mass is 393 g/mol. The number of nitrogens with one attached hydrogen (secondary N) is 1. The van der Waals surface area contributed by atoms with Crippen LogP contribution >= 0.6 is 0 Å². The van der Waals surface area contributed by atoms with Gasteiger partial charge in [0.2, 0.25) is 0 Å². The van der Waals surface area contributed by atoms with Gasteiger partial charge in [0.05, 0.1) is 11.4 Å². The number of anilines is 1. The number of rotatable bonds is 3. The quantitative estimate of drug-likeness (QED) is 0.548. The summed E-state index contributed by atoms with van der Waals surface area (Å²) in [7, 11) is 0. The molecule has 0 bridgehead atoms. The highest BCUT2D eigenvalue weighted by molar-refractivity contribution is 6.39. The van der Waals surface area contributed by atoms with E-state index in [0.29, 0.717) is 5.69 Å². The van der Waals surface area contributed by atoms with Gasteiger partial charge in [-0.05, 0) is 54.6 Å². The second-order valence-corrected chi connectivity index (χ2v) is 6.19. The van der Waals surface area contributed by atoms with E-state index in [1.807, 2.05) is 0 Å². The summed E-state index contributed by atoms with van der Waals surface area (Å²) in [5, 5.41) is 2.09. The molecule has 0 atom stereocenters. The Morgan fingerprint density at radius 2 is 1.59 bits per heavy atom. The van der Waals surface area contributed by atoms with Gasteiger partial charge in [0.15, 0.2) is 0 Å². The van der Waals surface area contributed by atoms with Crippen LogP contribution in [0.4, 0.5) is 19.3 Å². The maximum Gasteiger partial charge on any atom is 0.335 e. The first-order chi connectivity index (χ1) is 14.0. The molecule has 2 heterocycles. The number of aromatic nitrogens is 1. The molecule has 0 aliphatic carbocycles. The van der Waals surface area contributed by atoms with E-state index in [0.717, 1.165) is 17.0 Å². The smallest absolute Gasteiger partial charge is 0.314 e. The van der Waals surface area contributed by atoms with Crippen molar-refractivity contribution in [3.63, 3.8) is 0 Å². The van der Waals surface area contributed by atoms with Crippen molar-refractivity contribution in [1.82, 2.24) is 9.88 Å². The molecule has 8 heteroatoms. The Kier molecular flexibility index (Phi) is 4.52. The summed E-state index contributed by atoms with van der Waals surface area (Å²) in [4.78, 5) is 38.1. The van der Waals surface area contributed by atoms with Crippen molar-refractivity contribution in [3.8, 4) is 5.69 Å². The molecule has 0 radical (unpaired) electrons. The molecule has 3 aromatic rings. The van der Waals surface area contributed by atoms with Crippen LogP contribution in [0.1, 0.15) is 5.69 Å². The number of carbonyl (C=O) groups excluding carboxylic acids is 3. The SMILES string of the molecule is O=C1NC(=O)N(c2ccc(F)cc2)C(=O)/C1=C/c1cccn1-c1ccccc1F. The number of hydrogen-bond acceptors (Lipinski definition) is 3.